The molecule has 2 heterocycles. The third kappa shape index (κ3) is 5.54. The molecule has 9 heteroatoms. The van der Waals surface area contributed by atoms with E-state index < -0.39 is 16.0 Å². The van der Waals surface area contributed by atoms with Crippen LogP contribution >= 0.6 is 12.4 Å². The molecule has 0 radical (unpaired) electrons. The molecule has 7 nitrogen and oxygen atoms in total. The van der Waals surface area contributed by atoms with E-state index >= 15 is 0 Å². The van der Waals surface area contributed by atoms with Crippen molar-refractivity contribution in [2.45, 2.75) is 30.7 Å². The van der Waals surface area contributed by atoms with Gasteiger partial charge in [0.15, 0.2) is 5.84 Å². The largest absolute Gasteiger partial charge is 0.423 e. The predicted octanol–water partition coefficient (Wildman–Crippen LogP) is 6.03. The van der Waals surface area contributed by atoms with E-state index in [1.54, 1.807) is 42.5 Å². The van der Waals surface area contributed by atoms with Gasteiger partial charge in [0.05, 0.1) is 5.56 Å². The van der Waals surface area contributed by atoms with Crippen molar-refractivity contribution in [2.24, 2.45) is 4.40 Å². The lowest BCUT2D eigenvalue weighted by molar-refractivity contribution is 0.0733. The first-order valence-corrected chi connectivity index (χ1v) is 14.2. The quantitative estimate of drug-likeness (QED) is 0.236. The van der Waals surface area contributed by atoms with Crippen LogP contribution in [-0.4, -0.2) is 38.2 Å². The molecule has 39 heavy (non-hydrogen) atoms. The monoisotopic (exact) mass is 561 g/mol. The number of likely N-dealkylation sites (tertiary alicyclic amines) is 1. The summed E-state index contributed by atoms with van der Waals surface area (Å²) >= 11 is 0. The first kappa shape index (κ1) is 26.9. The summed E-state index contributed by atoms with van der Waals surface area (Å²) in [5, 5.41) is 5.00. The van der Waals surface area contributed by atoms with E-state index in [1.807, 2.05) is 42.5 Å². The maximum atomic E-state index is 13.3. The van der Waals surface area contributed by atoms with Gasteiger partial charge in [-0.2, -0.15) is 8.42 Å². The SMILES string of the molecule is Cl.O=C(Oc1ccc(NC2=NS(=O)(=O)c3ccccc32)cc1CN1CCCCC1)c1cccc2ccccc12. The van der Waals surface area contributed by atoms with Crippen molar-refractivity contribution >= 4 is 50.7 Å². The number of ether oxygens (including phenoxy) is 1. The second-order valence-corrected chi connectivity index (χ2v) is 11.2. The average molecular weight is 562 g/mol. The van der Waals surface area contributed by atoms with Gasteiger partial charge in [0.25, 0.3) is 10.0 Å². The van der Waals surface area contributed by atoms with Crippen molar-refractivity contribution in [3.8, 4) is 5.75 Å². The smallest absolute Gasteiger partial charge is 0.344 e. The molecule has 0 atom stereocenters. The van der Waals surface area contributed by atoms with E-state index in [4.69, 9.17) is 4.74 Å². The summed E-state index contributed by atoms with van der Waals surface area (Å²) in [4.78, 5) is 15.9. The standard InChI is InChI=1S/C30H27N3O4S.ClH/c34-30(25-13-8-10-21-9-2-3-11-24(21)25)37-27-16-15-23(19-22(27)20-33-17-6-1-7-18-33)31-29-26-12-4-5-14-28(26)38(35,36)32-29;/h2-5,8-16,19H,1,6-7,17-18,20H2,(H,31,32);1H. The summed E-state index contributed by atoms with van der Waals surface area (Å²) in [6, 6.07) is 25.6. The van der Waals surface area contributed by atoms with Crippen molar-refractivity contribution < 1.29 is 17.9 Å². The van der Waals surface area contributed by atoms with Crippen molar-refractivity contribution in [3.63, 3.8) is 0 Å². The number of hydrogen-bond acceptors (Lipinski definition) is 6. The first-order chi connectivity index (χ1) is 18.5. The summed E-state index contributed by atoms with van der Waals surface area (Å²) in [5.41, 5.74) is 2.57. The second kappa shape index (κ2) is 11.2. The Hall–Kier alpha value is -3.72. The van der Waals surface area contributed by atoms with E-state index in [-0.39, 0.29) is 23.1 Å². The number of rotatable bonds is 5. The topological polar surface area (TPSA) is 88.1 Å². The Kier molecular flexibility index (Phi) is 7.70. The molecule has 0 unspecified atom stereocenters. The van der Waals surface area contributed by atoms with Crippen LogP contribution in [-0.2, 0) is 16.6 Å². The molecule has 1 fully saturated rings. The van der Waals surface area contributed by atoms with Crippen LogP contribution < -0.4 is 10.1 Å². The number of esters is 1. The van der Waals surface area contributed by atoms with Crippen LogP contribution in [0.15, 0.2) is 94.2 Å². The number of carbonyl (C=O) groups is 1. The zero-order valence-electron chi connectivity index (χ0n) is 21.2. The highest BCUT2D eigenvalue weighted by atomic mass is 35.5. The number of piperidine rings is 1. The predicted molar refractivity (Wildman–Crippen MR) is 156 cm³/mol. The van der Waals surface area contributed by atoms with Crippen molar-refractivity contribution in [1.82, 2.24) is 4.90 Å². The molecule has 2 aliphatic rings. The molecule has 1 N–H and O–H groups in total. The molecular weight excluding hydrogens is 534 g/mol. The maximum absolute atomic E-state index is 13.3. The molecular formula is C30H28ClN3O4S. The fourth-order valence-electron chi connectivity index (χ4n) is 5.13. The number of carbonyl (C=O) groups excluding carboxylic acids is 1. The van der Waals surface area contributed by atoms with Crippen LogP contribution in [0.4, 0.5) is 5.69 Å². The van der Waals surface area contributed by atoms with Crippen LogP contribution in [0, 0.1) is 0 Å². The van der Waals surface area contributed by atoms with Crippen LogP contribution in [0.1, 0.15) is 40.7 Å². The number of anilines is 1. The lowest BCUT2D eigenvalue weighted by Crippen LogP contribution is -2.29. The van der Waals surface area contributed by atoms with Crippen molar-refractivity contribution in [3.05, 3.63) is 102 Å². The first-order valence-electron chi connectivity index (χ1n) is 12.7. The van der Waals surface area contributed by atoms with Gasteiger partial charge in [0.2, 0.25) is 0 Å². The van der Waals surface area contributed by atoms with Gasteiger partial charge in [0.1, 0.15) is 10.6 Å². The molecule has 200 valence electrons. The lowest BCUT2D eigenvalue weighted by Gasteiger charge is -2.27. The zero-order valence-corrected chi connectivity index (χ0v) is 22.8. The second-order valence-electron chi connectivity index (χ2n) is 9.61. The Balaban J connectivity index is 0.00000308. The van der Waals surface area contributed by atoms with E-state index in [0.717, 1.165) is 42.3 Å². The average Bonchev–Trinajstić information content (AvgIpc) is 3.19. The Labute approximate surface area is 234 Å². The molecule has 0 spiro atoms. The Bertz CT molecular complexity index is 1680. The van der Waals surface area contributed by atoms with Crippen LogP contribution in [0.2, 0.25) is 0 Å². The molecule has 4 aromatic rings. The molecule has 2 aliphatic heterocycles. The Morgan fingerprint density at radius 2 is 1.64 bits per heavy atom. The fraction of sp³-hybridized carbons (Fsp3) is 0.200. The van der Waals surface area contributed by atoms with Crippen molar-refractivity contribution in [2.75, 3.05) is 18.4 Å². The molecule has 4 aromatic carbocycles. The number of nitrogens with zero attached hydrogens (tertiary/aromatic N) is 2. The summed E-state index contributed by atoms with van der Waals surface area (Å²) in [6.07, 6.45) is 3.48. The minimum absolute atomic E-state index is 0. The van der Waals surface area contributed by atoms with Crippen LogP contribution in [0.25, 0.3) is 10.8 Å². The molecule has 1 saturated heterocycles. The summed E-state index contributed by atoms with van der Waals surface area (Å²) in [5.74, 6) is 0.355. The maximum Gasteiger partial charge on any atom is 0.344 e. The van der Waals surface area contributed by atoms with E-state index in [2.05, 4.69) is 14.6 Å². The van der Waals surface area contributed by atoms with Gasteiger partial charge in [-0.1, -0.05) is 55.0 Å². The van der Waals surface area contributed by atoms with Gasteiger partial charge in [-0.3, -0.25) is 4.90 Å². The van der Waals surface area contributed by atoms with E-state index in [9.17, 15) is 13.2 Å². The van der Waals surface area contributed by atoms with E-state index in [0.29, 0.717) is 29.1 Å². The van der Waals surface area contributed by atoms with Crippen molar-refractivity contribution in [1.29, 1.82) is 0 Å². The van der Waals surface area contributed by atoms with Gasteiger partial charge >= 0.3 is 5.97 Å². The number of amidine groups is 1. The molecule has 0 saturated carbocycles. The number of nitrogens with one attached hydrogen (secondary N) is 1. The molecule has 0 amide bonds. The Morgan fingerprint density at radius 1 is 0.897 bits per heavy atom. The third-order valence-corrected chi connectivity index (χ3v) is 8.34. The van der Waals surface area contributed by atoms with Gasteiger partial charge < -0.3 is 10.1 Å². The molecule has 0 aromatic heterocycles. The normalized spacial score (nSPS) is 16.2. The zero-order chi connectivity index (χ0) is 26.1. The Morgan fingerprint density at radius 3 is 2.49 bits per heavy atom. The molecule has 6 rings (SSSR count). The van der Waals surface area contributed by atoms with Crippen LogP contribution in [0.5, 0.6) is 5.75 Å². The third-order valence-electron chi connectivity index (χ3n) is 7.01. The van der Waals surface area contributed by atoms with Gasteiger partial charge in [-0.25, -0.2) is 4.79 Å². The summed E-state index contributed by atoms with van der Waals surface area (Å²) in [7, 11) is -3.73. The van der Waals surface area contributed by atoms with Crippen LogP contribution in [0.3, 0.4) is 0 Å². The van der Waals surface area contributed by atoms with Gasteiger partial charge in [0, 0.05) is 23.4 Å². The minimum Gasteiger partial charge on any atom is -0.423 e. The highest BCUT2D eigenvalue weighted by Crippen LogP contribution is 2.30. The number of fused-ring (bicyclic) bond motifs is 2. The number of sulfonamides is 1. The fourth-order valence-corrected chi connectivity index (χ4v) is 6.31. The van der Waals surface area contributed by atoms with Gasteiger partial charge in [-0.15, -0.1) is 16.8 Å². The highest BCUT2D eigenvalue weighted by Gasteiger charge is 2.28. The van der Waals surface area contributed by atoms with Gasteiger partial charge in [-0.05, 0) is 73.1 Å². The summed E-state index contributed by atoms with van der Waals surface area (Å²) in [6.45, 7) is 2.58. The number of halogens is 1. The minimum atomic E-state index is -3.73. The number of benzene rings is 4. The number of hydrogen-bond donors (Lipinski definition) is 1. The molecule has 0 aliphatic carbocycles. The summed E-state index contributed by atoms with van der Waals surface area (Å²) < 4.78 is 34.9. The lowest BCUT2D eigenvalue weighted by atomic mass is 10.0. The molecule has 0 bridgehead atoms. The highest BCUT2D eigenvalue weighted by molar-refractivity contribution is 7.90. The van der Waals surface area contributed by atoms with E-state index in [1.165, 1.54) is 6.42 Å².